The van der Waals surface area contributed by atoms with Crippen LogP contribution in [-0.4, -0.2) is 11.6 Å². The number of nitrogens with zero attached hydrogens (tertiary/aromatic N) is 1. The molecule has 0 saturated carbocycles. The number of benzene rings is 1. The lowest BCUT2D eigenvalue weighted by Gasteiger charge is -2.19. The van der Waals surface area contributed by atoms with Gasteiger partial charge < -0.3 is 9.72 Å². The number of aromatic amines is 1. The van der Waals surface area contributed by atoms with Crippen LogP contribution in [0.1, 0.15) is 25.5 Å². The third kappa shape index (κ3) is 2.63. The zero-order valence-corrected chi connectivity index (χ0v) is 11.3. The highest BCUT2D eigenvalue weighted by Gasteiger charge is 2.24. The lowest BCUT2D eigenvalue weighted by molar-refractivity contribution is 0.192. The molecule has 0 saturated heterocycles. The van der Waals surface area contributed by atoms with Gasteiger partial charge >= 0.3 is 0 Å². The summed E-state index contributed by atoms with van der Waals surface area (Å²) in [5.41, 5.74) is 1.96. The molecule has 0 aliphatic heterocycles. The summed E-state index contributed by atoms with van der Waals surface area (Å²) in [6, 6.07) is 12.4. The van der Waals surface area contributed by atoms with E-state index in [1.807, 2.05) is 44.2 Å². The Balaban J connectivity index is 2.31. The lowest BCUT2D eigenvalue weighted by atomic mass is 9.91. The van der Waals surface area contributed by atoms with Gasteiger partial charge in [0.15, 0.2) is 0 Å². The van der Waals surface area contributed by atoms with Gasteiger partial charge in [0.05, 0.1) is 24.4 Å². The van der Waals surface area contributed by atoms with Gasteiger partial charge in [-0.25, -0.2) is 0 Å². The second-order valence-corrected chi connectivity index (χ2v) is 4.61. The lowest BCUT2D eigenvalue weighted by Crippen LogP contribution is -2.12. The summed E-state index contributed by atoms with van der Waals surface area (Å²) in [6.45, 7) is 8.37. The number of rotatable bonds is 5. The van der Waals surface area contributed by atoms with Gasteiger partial charge in [0.1, 0.15) is 0 Å². The van der Waals surface area contributed by atoms with E-state index < -0.39 is 0 Å². The van der Waals surface area contributed by atoms with E-state index in [1.54, 1.807) is 0 Å². The molecule has 98 valence electrons. The van der Waals surface area contributed by atoms with Crippen LogP contribution < -0.4 is 0 Å². The largest absolute Gasteiger partial charge is 0.499 e. The Morgan fingerprint density at radius 1 is 1.47 bits per heavy atom. The number of H-pyrrole nitrogens is 1. The van der Waals surface area contributed by atoms with E-state index in [4.69, 9.17) is 4.74 Å². The van der Waals surface area contributed by atoms with Crippen molar-refractivity contribution in [3.05, 3.63) is 48.4 Å². The molecule has 2 atom stereocenters. The smallest absolute Gasteiger partial charge is 0.0958 e. The number of hydrogen-bond donors (Lipinski definition) is 1. The first-order valence-corrected chi connectivity index (χ1v) is 6.46. The number of ether oxygens (including phenoxy) is 1. The van der Waals surface area contributed by atoms with E-state index in [0.717, 1.165) is 16.6 Å². The predicted octanol–water partition coefficient (Wildman–Crippen LogP) is 3.96. The second kappa shape index (κ2) is 5.62. The molecular weight excluding hydrogens is 236 g/mol. The van der Waals surface area contributed by atoms with Gasteiger partial charge in [-0.3, -0.25) is 0 Å². The third-order valence-electron chi connectivity index (χ3n) is 3.36. The quantitative estimate of drug-likeness (QED) is 0.821. The van der Waals surface area contributed by atoms with E-state index in [2.05, 4.69) is 17.6 Å². The zero-order chi connectivity index (χ0) is 13.8. The minimum Gasteiger partial charge on any atom is -0.499 e. The first kappa shape index (κ1) is 13.2. The van der Waals surface area contributed by atoms with Crippen molar-refractivity contribution in [1.82, 2.24) is 4.98 Å². The molecule has 0 aliphatic rings. The fourth-order valence-electron chi connectivity index (χ4n) is 2.22. The molecule has 3 heteroatoms. The first-order chi connectivity index (χ1) is 9.17. The van der Waals surface area contributed by atoms with Crippen molar-refractivity contribution in [3.8, 4) is 6.07 Å². The van der Waals surface area contributed by atoms with Crippen LogP contribution in [0.5, 0.6) is 0 Å². The number of hydrogen-bond acceptors (Lipinski definition) is 2. The Morgan fingerprint density at radius 2 is 2.21 bits per heavy atom. The molecule has 3 nitrogen and oxygen atoms in total. The van der Waals surface area contributed by atoms with Crippen LogP contribution in [0.4, 0.5) is 0 Å². The van der Waals surface area contributed by atoms with Crippen LogP contribution in [0.25, 0.3) is 10.9 Å². The Bertz CT molecular complexity index is 588. The highest BCUT2D eigenvalue weighted by Crippen LogP contribution is 2.30. The summed E-state index contributed by atoms with van der Waals surface area (Å²) in [7, 11) is 0. The first-order valence-electron chi connectivity index (χ1n) is 6.46. The summed E-state index contributed by atoms with van der Waals surface area (Å²) in [5.74, 6) is 0.345. The van der Waals surface area contributed by atoms with Gasteiger partial charge in [0.2, 0.25) is 0 Å². The molecule has 1 aromatic carbocycles. The van der Waals surface area contributed by atoms with Gasteiger partial charge in [0.25, 0.3) is 0 Å². The summed E-state index contributed by atoms with van der Waals surface area (Å²) >= 11 is 0. The van der Waals surface area contributed by atoms with Gasteiger partial charge in [-0.2, -0.15) is 5.26 Å². The van der Waals surface area contributed by atoms with Crippen LogP contribution in [-0.2, 0) is 4.74 Å². The van der Waals surface area contributed by atoms with E-state index >= 15 is 0 Å². The summed E-state index contributed by atoms with van der Waals surface area (Å²) < 4.78 is 5.42. The average molecular weight is 254 g/mol. The highest BCUT2D eigenvalue weighted by atomic mass is 16.5. The molecule has 1 N–H and O–H groups in total. The topological polar surface area (TPSA) is 48.8 Å². The van der Waals surface area contributed by atoms with Crippen molar-refractivity contribution in [1.29, 1.82) is 5.26 Å². The molecule has 1 aromatic heterocycles. The summed E-state index contributed by atoms with van der Waals surface area (Å²) in [4.78, 5) is 3.31. The number of aromatic nitrogens is 1. The van der Waals surface area contributed by atoms with E-state index in [-0.39, 0.29) is 11.8 Å². The van der Waals surface area contributed by atoms with Crippen LogP contribution in [0.15, 0.2) is 42.7 Å². The molecule has 0 fully saturated rings. The van der Waals surface area contributed by atoms with Gasteiger partial charge in [-0.05, 0) is 24.4 Å². The van der Waals surface area contributed by atoms with E-state index in [1.165, 1.54) is 0 Å². The van der Waals surface area contributed by atoms with Crippen molar-refractivity contribution in [2.24, 2.45) is 5.92 Å². The predicted molar refractivity (Wildman–Crippen MR) is 76.6 cm³/mol. The van der Waals surface area contributed by atoms with Crippen molar-refractivity contribution in [3.63, 3.8) is 0 Å². The maximum absolute atomic E-state index is 9.43. The van der Waals surface area contributed by atoms with Crippen molar-refractivity contribution in [2.45, 2.75) is 19.8 Å². The van der Waals surface area contributed by atoms with E-state index in [9.17, 15) is 5.26 Å². The number of nitrogens with one attached hydrogen (secondary N) is 1. The van der Waals surface area contributed by atoms with Crippen molar-refractivity contribution >= 4 is 10.9 Å². The Morgan fingerprint density at radius 3 is 2.84 bits per heavy atom. The maximum Gasteiger partial charge on any atom is 0.0958 e. The van der Waals surface area contributed by atoms with Crippen LogP contribution in [0.3, 0.4) is 0 Å². The maximum atomic E-state index is 9.43. The molecular formula is C16H18N2O. The molecule has 0 radical (unpaired) electrons. The number of allylic oxidation sites excluding steroid dienone is 1. The summed E-state index contributed by atoms with van der Waals surface area (Å²) in [6.07, 6.45) is 0. The third-order valence-corrected chi connectivity index (χ3v) is 3.36. The molecule has 19 heavy (non-hydrogen) atoms. The SMILES string of the molecule is C=C(OCC)C(C)C(C#N)c1cc2ccccc2[nH]1. The molecule has 1 heterocycles. The monoisotopic (exact) mass is 254 g/mol. The molecule has 0 amide bonds. The molecule has 2 rings (SSSR count). The van der Waals surface area contributed by atoms with Crippen LogP contribution in [0, 0.1) is 17.2 Å². The fraction of sp³-hybridized carbons (Fsp3) is 0.312. The molecule has 0 aliphatic carbocycles. The highest BCUT2D eigenvalue weighted by molar-refractivity contribution is 5.80. The minimum absolute atomic E-state index is 0.0435. The Kier molecular flexibility index (Phi) is 3.91. The number of nitriles is 1. The number of para-hydroxylation sites is 1. The molecule has 2 aromatic rings. The summed E-state index contributed by atoms with van der Waals surface area (Å²) in [5, 5.41) is 10.5. The molecule has 0 spiro atoms. The Hall–Kier alpha value is -2.21. The Labute approximate surface area is 113 Å². The van der Waals surface area contributed by atoms with Crippen LogP contribution >= 0.6 is 0 Å². The molecule has 2 unspecified atom stereocenters. The fourth-order valence-corrected chi connectivity index (χ4v) is 2.22. The standard InChI is InChI=1S/C16H18N2O/c1-4-19-12(3)11(2)14(10-17)16-9-13-7-5-6-8-15(13)18-16/h5-9,11,14,18H,3-4H2,1-2H3. The van der Waals surface area contributed by atoms with Crippen molar-refractivity contribution < 1.29 is 4.74 Å². The second-order valence-electron chi connectivity index (χ2n) is 4.61. The van der Waals surface area contributed by atoms with Gasteiger partial charge in [-0.15, -0.1) is 0 Å². The average Bonchev–Trinajstić information content (AvgIpc) is 2.83. The van der Waals surface area contributed by atoms with Crippen molar-refractivity contribution in [2.75, 3.05) is 6.61 Å². The van der Waals surface area contributed by atoms with Crippen LogP contribution in [0.2, 0.25) is 0 Å². The van der Waals surface area contributed by atoms with Gasteiger partial charge in [-0.1, -0.05) is 31.7 Å². The minimum atomic E-state index is -0.272. The number of fused-ring (bicyclic) bond motifs is 1. The molecule has 0 bridgehead atoms. The van der Waals surface area contributed by atoms with Gasteiger partial charge in [0, 0.05) is 17.1 Å². The van der Waals surface area contributed by atoms with E-state index in [0.29, 0.717) is 12.4 Å². The zero-order valence-electron chi connectivity index (χ0n) is 11.3. The normalized spacial score (nSPS) is 13.7.